The Morgan fingerprint density at radius 2 is 1.46 bits per heavy atom. The summed E-state index contributed by atoms with van der Waals surface area (Å²) in [4.78, 5) is 24.3. The van der Waals surface area contributed by atoms with Crippen molar-refractivity contribution in [3.05, 3.63) is 101 Å². The second-order valence-corrected chi connectivity index (χ2v) is 6.12. The van der Waals surface area contributed by atoms with Gasteiger partial charge in [-0.25, -0.2) is 4.79 Å². The largest absolute Gasteiger partial charge is 0.465 e. The second-order valence-electron chi connectivity index (χ2n) is 6.12. The van der Waals surface area contributed by atoms with E-state index in [2.05, 4.69) is 17.2 Å². The first-order chi connectivity index (χ1) is 13.6. The first kappa shape index (κ1) is 18.9. The molecule has 3 aromatic carbocycles. The first-order valence-corrected chi connectivity index (χ1v) is 8.75. The highest BCUT2D eigenvalue weighted by molar-refractivity contribution is 6.05. The average molecular weight is 369 g/mol. The molecule has 0 heterocycles. The molecule has 28 heavy (non-hydrogen) atoms. The predicted octanol–water partition coefficient (Wildman–Crippen LogP) is 4.43. The van der Waals surface area contributed by atoms with Crippen LogP contribution in [0.4, 0.5) is 5.69 Å². The summed E-state index contributed by atoms with van der Waals surface area (Å²) in [6, 6.07) is 21.9. The number of benzene rings is 3. The SMILES string of the molecule is COC(=O)c1cccc(NC(=O)c2ccc(C#Cc3ccccc3)cc2)c1C. The van der Waals surface area contributed by atoms with Crippen LogP contribution in [0.15, 0.2) is 72.8 Å². The van der Waals surface area contributed by atoms with Crippen molar-refractivity contribution in [2.45, 2.75) is 6.92 Å². The zero-order valence-electron chi connectivity index (χ0n) is 15.7. The van der Waals surface area contributed by atoms with Gasteiger partial charge in [0.25, 0.3) is 5.91 Å². The van der Waals surface area contributed by atoms with E-state index in [-0.39, 0.29) is 5.91 Å². The van der Waals surface area contributed by atoms with Crippen LogP contribution in [0.25, 0.3) is 0 Å². The van der Waals surface area contributed by atoms with Gasteiger partial charge in [-0.05, 0) is 61.0 Å². The van der Waals surface area contributed by atoms with Gasteiger partial charge in [-0.2, -0.15) is 0 Å². The summed E-state index contributed by atoms with van der Waals surface area (Å²) >= 11 is 0. The number of rotatable bonds is 3. The smallest absolute Gasteiger partial charge is 0.338 e. The highest BCUT2D eigenvalue weighted by Gasteiger charge is 2.14. The summed E-state index contributed by atoms with van der Waals surface area (Å²) in [5, 5.41) is 2.84. The number of ether oxygens (including phenoxy) is 1. The lowest BCUT2D eigenvalue weighted by atomic mass is 10.1. The van der Waals surface area contributed by atoms with E-state index >= 15 is 0 Å². The molecule has 138 valence electrons. The Labute approximate surface area is 164 Å². The van der Waals surface area contributed by atoms with E-state index in [0.29, 0.717) is 22.4 Å². The van der Waals surface area contributed by atoms with Crippen LogP contribution >= 0.6 is 0 Å². The molecule has 0 spiro atoms. The van der Waals surface area contributed by atoms with E-state index in [1.54, 1.807) is 37.3 Å². The minimum Gasteiger partial charge on any atom is -0.465 e. The molecule has 4 heteroatoms. The number of amides is 1. The zero-order valence-corrected chi connectivity index (χ0v) is 15.7. The van der Waals surface area contributed by atoms with Gasteiger partial charge in [0.2, 0.25) is 0 Å². The van der Waals surface area contributed by atoms with Gasteiger partial charge in [0.05, 0.1) is 12.7 Å². The molecule has 1 N–H and O–H groups in total. The average Bonchev–Trinajstić information content (AvgIpc) is 2.74. The predicted molar refractivity (Wildman–Crippen MR) is 109 cm³/mol. The molecule has 0 aliphatic rings. The van der Waals surface area contributed by atoms with Gasteiger partial charge in [-0.15, -0.1) is 0 Å². The fourth-order valence-electron chi connectivity index (χ4n) is 2.67. The number of carbonyl (C=O) groups excluding carboxylic acids is 2. The molecule has 0 aromatic heterocycles. The number of hydrogen-bond donors (Lipinski definition) is 1. The van der Waals surface area contributed by atoms with Crippen LogP contribution in [-0.2, 0) is 4.74 Å². The van der Waals surface area contributed by atoms with Gasteiger partial charge >= 0.3 is 5.97 Å². The van der Waals surface area contributed by atoms with Crippen molar-refractivity contribution in [1.82, 2.24) is 0 Å². The number of hydrogen-bond acceptors (Lipinski definition) is 3. The van der Waals surface area contributed by atoms with Gasteiger partial charge in [-0.1, -0.05) is 36.1 Å². The van der Waals surface area contributed by atoms with Crippen molar-refractivity contribution in [3.8, 4) is 11.8 Å². The Balaban J connectivity index is 1.74. The number of nitrogens with one attached hydrogen (secondary N) is 1. The number of carbonyl (C=O) groups is 2. The Kier molecular flexibility index (Phi) is 5.88. The quantitative estimate of drug-likeness (QED) is 0.549. The molecule has 4 nitrogen and oxygen atoms in total. The monoisotopic (exact) mass is 369 g/mol. The molecule has 0 aliphatic carbocycles. The third kappa shape index (κ3) is 4.46. The number of anilines is 1. The number of esters is 1. The van der Waals surface area contributed by atoms with E-state index in [1.807, 2.05) is 42.5 Å². The van der Waals surface area contributed by atoms with Crippen LogP contribution in [0, 0.1) is 18.8 Å². The van der Waals surface area contributed by atoms with Gasteiger partial charge in [-0.3, -0.25) is 4.79 Å². The minimum absolute atomic E-state index is 0.257. The molecular formula is C24H19NO3. The summed E-state index contributed by atoms with van der Waals surface area (Å²) < 4.78 is 4.77. The van der Waals surface area contributed by atoms with Crippen molar-refractivity contribution < 1.29 is 14.3 Å². The van der Waals surface area contributed by atoms with Crippen molar-refractivity contribution in [3.63, 3.8) is 0 Å². The lowest BCUT2D eigenvalue weighted by Crippen LogP contribution is -2.14. The van der Waals surface area contributed by atoms with Crippen molar-refractivity contribution in [1.29, 1.82) is 0 Å². The zero-order chi connectivity index (χ0) is 19.9. The lowest BCUT2D eigenvalue weighted by Gasteiger charge is -2.11. The fraction of sp³-hybridized carbons (Fsp3) is 0.0833. The summed E-state index contributed by atoms with van der Waals surface area (Å²) in [5.74, 6) is 5.47. The normalized spacial score (nSPS) is 9.79. The van der Waals surface area contributed by atoms with E-state index in [1.165, 1.54) is 7.11 Å². The van der Waals surface area contributed by atoms with Gasteiger partial charge in [0.15, 0.2) is 0 Å². The molecule has 1 amide bonds. The molecule has 3 aromatic rings. The van der Waals surface area contributed by atoms with Crippen molar-refractivity contribution in [2.75, 3.05) is 12.4 Å². The van der Waals surface area contributed by atoms with Crippen LogP contribution in [0.5, 0.6) is 0 Å². The standard InChI is InChI=1S/C24H19NO3/c1-17-21(24(27)28-2)9-6-10-22(17)25-23(26)20-15-13-19(14-16-20)12-11-18-7-4-3-5-8-18/h3-10,13-16H,1-2H3,(H,25,26). The highest BCUT2D eigenvalue weighted by Crippen LogP contribution is 2.20. The van der Waals surface area contributed by atoms with Crippen LogP contribution in [0.3, 0.4) is 0 Å². The molecular weight excluding hydrogens is 350 g/mol. The molecule has 0 atom stereocenters. The van der Waals surface area contributed by atoms with E-state index in [0.717, 1.165) is 11.1 Å². The molecule has 0 saturated heterocycles. The molecule has 3 rings (SSSR count). The molecule has 0 unspecified atom stereocenters. The fourth-order valence-corrected chi connectivity index (χ4v) is 2.67. The third-order valence-electron chi connectivity index (χ3n) is 4.26. The van der Waals surface area contributed by atoms with Crippen LogP contribution in [0.2, 0.25) is 0 Å². The Morgan fingerprint density at radius 1 is 0.821 bits per heavy atom. The Hall–Kier alpha value is -3.84. The molecule has 0 aliphatic heterocycles. The van der Waals surface area contributed by atoms with Gasteiger partial charge in [0.1, 0.15) is 0 Å². The van der Waals surface area contributed by atoms with E-state index in [4.69, 9.17) is 4.74 Å². The van der Waals surface area contributed by atoms with Crippen LogP contribution < -0.4 is 5.32 Å². The number of methoxy groups -OCH3 is 1. The summed E-state index contributed by atoms with van der Waals surface area (Å²) in [6.07, 6.45) is 0. The van der Waals surface area contributed by atoms with Gasteiger partial charge < -0.3 is 10.1 Å². The molecule has 0 saturated carbocycles. The topological polar surface area (TPSA) is 55.4 Å². The van der Waals surface area contributed by atoms with E-state index in [9.17, 15) is 9.59 Å². The summed E-state index contributed by atoms with van der Waals surface area (Å²) in [6.45, 7) is 1.77. The molecule has 0 radical (unpaired) electrons. The first-order valence-electron chi connectivity index (χ1n) is 8.75. The third-order valence-corrected chi connectivity index (χ3v) is 4.26. The minimum atomic E-state index is -0.435. The summed E-state index contributed by atoms with van der Waals surface area (Å²) in [7, 11) is 1.33. The maximum Gasteiger partial charge on any atom is 0.338 e. The second kappa shape index (κ2) is 8.70. The molecule has 0 fully saturated rings. The Bertz CT molecular complexity index is 1060. The maximum absolute atomic E-state index is 12.5. The summed E-state index contributed by atoms with van der Waals surface area (Å²) in [5.41, 5.74) is 3.92. The van der Waals surface area contributed by atoms with E-state index < -0.39 is 5.97 Å². The lowest BCUT2D eigenvalue weighted by molar-refractivity contribution is 0.0599. The maximum atomic E-state index is 12.5. The van der Waals surface area contributed by atoms with Crippen LogP contribution in [0.1, 0.15) is 37.4 Å². The highest BCUT2D eigenvalue weighted by atomic mass is 16.5. The van der Waals surface area contributed by atoms with Crippen molar-refractivity contribution in [2.24, 2.45) is 0 Å². The van der Waals surface area contributed by atoms with Crippen LogP contribution in [-0.4, -0.2) is 19.0 Å². The Morgan fingerprint density at radius 3 is 2.11 bits per heavy atom. The van der Waals surface area contributed by atoms with Gasteiger partial charge in [0, 0.05) is 22.4 Å². The van der Waals surface area contributed by atoms with Crippen molar-refractivity contribution >= 4 is 17.6 Å². The molecule has 0 bridgehead atoms.